The van der Waals surface area contributed by atoms with Crippen LogP contribution in [0.25, 0.3) is 0 Å². The molecule has 1 aromatic carbocycles. The third-order valence-electron chi connectivity index (χ3n) is 2.97. The molecule has 1 amide bonds. The Hall–Kier alpha value is -2.40. The van der Waals surface area contributed by atoms with Crippen LogP contribution in [0.4, 0.5) is 11.4 Å². The molecule has 1 aromatic heterocycles. The molecule has 104 valence electrons. The summed E-state index contributed by atoms with van der Waals surface area (Å²) >= 11 is 0. The number of nitrogens with two attached hydrogens (primary N) is 1. The average Bonchev–Trinajstić information content (AvgIpc) is 2.49. The number of nitrogens with one attached hydrogen (secondary N) is 2. The van der Waals surface area contributed by atoms with Crippen LogP contribution in [0.15, 0.2) is 42.7 Å². The molecule has 0 radical (unpaired) electrons. The Morgan fingerprint density at radius 1 is 1.25 bits per heavy atom. The summed E-state index contributed by atoms with van der Waals surface area (Å²) in [5, 5.41) is 2.83. The molecule has 0 aliphatic rings. The van der Waals surface area contributed by atoms with E-state index in [1.807, 2.05) is 24.3 Å². The van der Waals surface area contributed by atoms with E-state index < -0.39 is 0 Å². The van der Waals surface area contributed by atoms with E-state index in [0.29, 0.717) is 11.3 Å². The summed E-state index contributed by atoms with van der Waals surface area (Å²) < 4.78 is 0. The molecule has 5 nitrogen and oxygen atoms in total. The van der Waals surface area contributed by atoms with Crippen LogP contribution in [-0.2, 0) is 6.42 Å². The lowest BCUT2D eigenvalue weighted by molar-refractivity contribution is 0.102. The molecule has 0 aliphatic heterocycles. The molecule has 0 aliphatic carbocycles. The summed E-state index contributed by atoms with van der Waals surface area (Å²) in [6, 6.07) is 9.48. The highest BCUT2D eigenvalue weighted by Crippen LogP contribution is 2.16. The molecule has 0 bridgehead atoms. The normalized spacial score (nSPS) is 10.1. The van der Waals surface area contributed by atoms with Gasteiger partial charge in [-0.25, -0.2) is 0 Å². The first-order valence-electron chi connectivity index (χ1n) is 6.55. The molecular weight excluding hydrogens is 252 g/mol. The number of hydrogen-bond donors (Lipinski definition) is 3. The van der Waals surface area contributed by atoms with Gasteiger partial charge in [0.15, 0.2) is 0 Å². The number of nitrogens with zero attached hydrogens (tertiary/aromatic N) is 1. The number of benzene rings is 1. The van der Waals surface area contributed by atoms with E-state index in [1.54, 1.807) is 12.3 Å². The van der Waals surface area contributed by atoms with Crippen molar-refractivity contribution in [2.24, 2.45) is 5.84 Å². The molecule has 0 saturated heterocycles. The zero-order valence-electron chi connectivity index (χ0n) is 11.4. The first-order chi connectivity index (χ1) is 9.74. The lowest BCUT2D eigenvalue weighted by Crippen LogP contribution is -2.17. The summed E-state index contributed by atoms with van der Waals surface area (Å²) in [5.74, 6) is 5.14. The number of carbonyl (C=O) groups excluding carboxylic acids is 1. The van der Waals surface area contributed by atoms with Gasteiger partial charge in [-0.1, -0.05) is 25.5 Å². The number of nitrogen functional groups attached to an aromatic ring is 1. The predicted octanol–water partition coefficient (Wildman–Crippen LogP) is 2.57. The van der Waals surface area contributed by atoms with Crippen LogP contribution in [-0.4, -0.2) is 10.9 Å². The first kappa shape index (κ1) is 14.0. The van der Waals surface area contributed by atoms with Gasteiger partial charge in [0, 0.05) is 18.1 Å². The standard InChI is InChI=1S/C15H18N4O/c1-2-3-11-4-6-12(7-5-11)18-15(20)13-10-17-9-8-14(13)19-16/h4-10H,2-3,16H2,1H3,(H,17,19)(H,18,20). The van der Waals surface area contributed by atoms with Crippen molar-refractivity contribution in [1.29, 1.82) is 0 Å². The van der Waals surface area contributed by atoms with Gasteiger partial charge in [-0.2, -0.15) is 0 Å². The highest BCUT2D eigenvalue weighted by molar-refractivity contribution is 6.07. The van der Waals surface area contributed by atoms with Gasteiger partial charge in [0.1, 0.15) is 0 Å². The smallest absolute Gasteiger partial charge is 0.259 e. The number of hydrazine groups is 1. The zero-order chi connectivity index (χ0) is 14.4. The number of carbonyl (C=O) groups is 1. The van der Waals surface area contributed by atoms with Crippen LogP contribution in [0.3, 0.4) is 0 Å². The third kappa shape index (κ3) is 3.33. The van der Waals surface area contributed by atoms with E-state index in [4.69, 9.17) is 5.84 Å². The van der Waals surface area contributed by atoms with Gasteiger partial charge in [-0.15, -0.1) is 0 Å². The minimum atomic E-state index is -0.241. The fraction of sp³-hybridized carbons (Fsp3) is 0.200. The molecule has 20 heavy (non-hydrogen) atoms. The van der Waals surface area contributed by atoms with Gasteiger partial charge in [0.25, 0.3) is 5.91 Å². The van der Waals surface area contributed by atoms with Crippen molar-refractivity contribution in [3.8, 4) is 0 Å². The van der Waals surface area contributed by atoms with Gasteiger partial charge in [-0.3, -0.25) is 15.6 Å². The maximum atomic E-state index is 12.2. The summed E-state index contributed by atoms with van der Waals surface area (Å²) in [6.45, 7) is 2.14. The van der Waals surface area contributed by atoms with Crippen LogP contribution >= 0.6 is 0 Å². The number of aromatic nitrogens is 1. The van der Waals surface area contributed by atoms with Crippen LogP contribution in [0.1, 0.15) is 29.3 Å². The van der Waals surface area contributed by atoms with Crippen LogP contribution in [0.5, 0.6) is 0 Å². The Morgan fingerprint density at radius 3 is 2.65 bits per heavy atom. The van der Waals surface area contributed by atoms with Crippen molar-refractivity contribution in [3.63, 3.8) is 0 Å². The number of hydrogen-bond acceptors (Lipinski definition) is 4. The van der Waals surface area contributed by atoms with Gasteiger partial charge < -0.3 is 10.7 Å². The first-order valence-corrected chi connectivity index (χ1v) is 6.55. The molecule has 0 spiro atoms. The number of amides is 1. The predicted molar refractivity (Wildman–Crippen MR) is 80.4 cm³/mol. The third-order valence-corrected chi connectivity index (χ3v) is 2.97. The average molecular weight is 270 g/mol. The molecule has 2 rings (SSSR count). The van der Waals surface area contributed by atoms with E-state index in [9.17, 15) is 4.79 Å². The Morgan fingerprint density at radius 2 is 2.00 bits per heavy atom. The SMILES string of the molecule is CCCc1ccc(NC(=O)c2cnccc2NN)cc1. The van der Waals surface area contributed by atoms with E-state index in [-0.39, 0.29) is 5.91 Å². The minimum Gasteiger partial charge on any atom is -0.323 e. The van der Waals surface area contributed by atoms with E-state index in [1.165, 1.54) is 11.8 Å². The fourth-order valence-electron chi connectivity index (χ4n) is 1.94. The maximum Gasteiger partial charge on any atom is 0.259 e. The van der Waals surface area contributed by atoms with Crippen molar-refractivity contribution in [3.05, 3.63) is 53.9 Å². The fourth-order valence-corrected chi connectivity index (χ4v) is 1.94. The van der Waals surface area contributed by atoms with E-state index in [0.717, 1.165) is 18.5 Å². The Balaban J connectivity index is 2.11. The lowest BCUT2D eigenvalue weighted by Gasteiger charge is -2.09. The van der Waals surface area contributed by atoms with Crippen LogP contribution < -0.4 is 16.6 Å². The monoisotopic (exact) mass is 270 g/mol. The summed E-state index contributed by atoms with van der Waals surface area (Å²) in [5.41, 5.74) is 5.45. The summed E-state index contributed by atoms with van der Waals surface area (Å²) in [4.78, 5) is 16.1. The lowest BCUT2D eigenvalue weighted by atomic mass is 10.1. The highest BCUT2D eigenvalue weighted by atomic mass is 16.1. The molecular formula is C15H18N4O. The van der Waals surface area contributed by atoms with Gasteiger partial charge >= 0.3 is 0 Å². The van der Waals surface area contributed by atoms with E-state index in [2.05, 4.69) is 22.7 Å². The zero-order valence-corrected chi connectivity index (χ0v) is 11.4. The van der Waals surface area contributed by atoms with Gasteiger partial charge in [0.2, 0.25) is 0 Å². The van der Waals surface area contributed by atoms with Crippen molar-refractivity contribution < 1.29 is 4.79 Å². The highest BCUT2D eigenvalue weighted by Gasteiger charge is 2.11. The summed E-state index contributed by atoms with van der Waals surface area (Å²) in [6.07, 6.45) is 5.20. The molecule has 0 saturated carbocycles. The number of pyridine rings is 1. The van der Waals surface area contributed by atoms with Crippen molar-refractivity contribution in [1.82, 2.24) is 4.98 Å². The van der Waals surface area contributed by atoms with Gasteiger partial charge in [0.05, 0.1) is 11.3 Å². The Kier molecular flexibility index (Phi) is 4.68. The molecule has 0 unspecified atom stereocenters. The Bertz CT molecular complexity index is 581. The second-order valence-electron chi connectivity index (χ2n) is 4.47. The molecule has 2 aromatic rings. The molecule has 0 atom stereocenters. The van der Waals surface area contributed by atoms with Crippen molar-refractivity contribution in [2.75, 3.05) is 10.7 Å². The molecule has 0 fully saturated rings. The number of rotatable bonds is 5. The van der Waals surface area contributed by atoms with Gasteiger partial charge in [-0.05, 0) is 30.2 Å². The topological polar surface area (TPSA) is 80.0 Å². The van der Waals surface area contributed by atoms with Crippen molar-refractivity contribution >= 4 is 17.3 Å². The summed E-state index contributed by atoms with van der Waals surface area (Å²) in [7, 11) is 0. The largest absolute Gasteiger partial charge is 0.323 e. The number of aryl methyl sites for hydroxylation is 1. The quantitative estimate of drug-likeness (QED) is 0.576. The minimum absolute atomic E-state index is 0.241. The van der Waals surface area contributed by atoms with E-state index >= 15 is 0 Å². The molecule has 1 heterocycles. The van der Waals surface area contributed by atoms with Crippen molar-refractivity contribution in [2.45, 2.75) is 19.8 Å². The second-order valence-corrected chi connectivity index (χ2v) is 4.47. The molecule has 4 N–H and O–H groups in total. The number of anilines is 2. The Labute approximate surface area is 118 Å². The van der Waals surface area contributed by atoms with Crippen LogP contribution in [0.2, 0.25) is 0 Å². The van der Waals surface area contributed by atoms with Crippen LogP contribution in [0, 0.1) is 0 Å². The maximum absolute atomic E-state index is 12.2. The molecule has 5 heteroatoms. The second kappa shape index (κ2) is 6.68.